The molecule has 0 aliphatic carbocycles. The number of carbonyl (C=O) groups is 1. The Balaban J connectivity index is 2.19. The van der Waals surface area contributed by atoms with Gasteiger partial charge in [0.15, 0.2) is 0 Å². The highest BCUT2D eigenvalue weighted by molar-refractivity contribution is 5.92. The van der Waals surface area contributed by atoms with Crippen molar-refractivity contribution < 1.29 is 4.79 Å². The van der Waals surface area contributed by atoms with Gasteiger partial charge in [-0.15, -0.1) is 0 Å². The van der Waals surface area contributed by atoms with Gasteiger partial charge in [-0.25, -0.2) is 4.98 Å². The minimum Gasteiger partial charge on any atom is -0.331 e. The quantitative estimate of drug-likeness (QED) is 0.836. The average Bonchev–Trinajstić information content (AvgIpc) is 2.83. The van der Waals surface area contributed by atoms with E-state index < -0.39 is 0 Å². The van der Waals surface area contributed by atoms with Gasteiger partial charge in [-0.3, -0.25) is 9.78 Å². The molecule has 0 spiro atoms. The van der Waals surface area contributed by atoms with Crippen molar-refractivity contribution in [2.45, 2.75) is 32.4 Å². The summed E-state index contributed by atoms with van der Waals surface area (Å²) in [4.78, 5) is 22.3. The molecule has 1 aliphatic rings. The van der Waals surface area contributed by atoms with Gasteiger partial charge in [0.1, 0.15) is 5.69 Å². The first kappa shape index (κ1) is 12.0. The number of amides is 1. The third-order valence-corrected chi connectivity index (χ3v) is 3.00. The SMILES string of the molecule is CC(C)N(C(=O)c1cnccn1)C1CCNC1. The van der Waals surface area contributed by atoms with Gasteiger partial charge >= 0.3 is 0 Å². The zero-order valence-electron chi connectivity index (χ0n) is 10.3. The molecule has 0 radical (unpaired) electrons. The normalized spacial score (nSPS) is 19.6. The fourth-order valence-corrected chi connectivity index (χ4v) is 2.24. The summed E-state index contributed by atoms with van der Waals surface area (Å²) in [6.07, 6.45) is 5.66. The Hall–Kier alpha value is -1.49. The minimum absolute atomic E-state index is 0.0261. The van der Waals surface area contributed by atoms with E-state index in [0.717, 1.165) is 19.5 Å². The fourth-order valence-electron chi connectivity index (χ4n) is 2.24. The largest absolute Gasteiger partial charge is 0.331 e. The molecule has 1 amide bonds. The van der Waals surface area contributed by atoms with Crippen LogP contribution in [0.4, 0.5) is 0 Å². The number of rotatable bonds is 3. The molecule has 0 saturated carbocycles. The van der Waals surface area contributed by atoms with Gasteiger partial charge in [0.05, 0.1) is 6.20 Å². The Morgan fingerprint density at radius 3 is 2.88 bits per heavy atom. The number of nitrogens with one attached hydrogen (secondary N) is 1. The zero-order chi connectivity index (χ0) is 12.3. The van der Waals surface area contributed by atoms with Crippen molar-refractivity contribution >= 4 is 5.91 Å². The number of hydrogen-bond donors (Lipinski definition) is 1. The third-order valence-electron chi connectivity index (χ3n) is 3.00. The first-order chi connectivity index (χ1) is 8.20. The summed E-state index contributed by atoms with van der Waals surface area (Å²) in [7, 11) is 0. The van der Waals surface area contributed by atoms with Crippen LogP contribution in [-0.2, 0) is 0 Å². The zero-order valence-corrected chi connectivity index (χ0v) is 10.3. The lowest BCUT2D eigenvalue weighted by atomic mass is 10.1. The van der Waals surface area contributed by atoms with Crippen LogP contribution in [-0.4, -0.2) is 45.9 Å². The van der Waals surface area contributed by atoms with Gasteiger partial charge in [-0.2, -0.15) is 0 Å². The Morgan fingerprint density at radius 1 is 1.53 bits per heavy atom. The molecule has 5 heteroatoms. The lowest BCUT2D eigenvalue weighted by molar-refractivity contribution is 0.0620. The Morgan fingerprint density at radius 2 is 2.35 bits per heavy atom. The maximum absolute atomic E-state index is 12.4. The summed E-state index contributed by atoms with van der Waals surface area (Å²) in [5, 5.41) is 3.28. The summed E-state index contributed by atoms with van der Waals surface area (Å²) in [6, 6.07) is 0.443. The van der Waals surface area contributed by atoms with E-state index >= 15 is 0 Å². The van der Waals surface area contributed by atoms with E-state index in [0.29, 0.717) is 5.69 Å². The highest BCUT2D eigenvalue weighted by atomic mass is 16.2. The van der Waals surface area contributed by atoms with E-state index in [-0.39, 0.29) is 18.0 Å². The molecule has 1 fully saturated rings. The lowest BCUT2D eigenvalue weighted by Crippen LogP contribution is -2.46. The van der Waals surface area contributed by atoms with Crippen molar-refractivity contribution in [1.82, 2.24) is 20.2 Å². The molecule has 0 aromatic carbocycles. The highest BCUT2D eigenvalue weighted by Gasteiger charge is 2.29. The molecule has 5 nitrogen and oxygen atoms in total. The van der Waals surface area contributed by atoms with Crippen molar-refractivity contribution in [2.24, 2.45) is 0 Å². The Bertz CT molecular complexity index is 373. The van der Waals surface area contributed by atoms with Gasteiger partial charge < -0.3 is 10.2 Å². The van der Waals surface area contributed by atoms with E-state index in [4.69, 9.17) is 0 Å². The van der Waals surface area contributed by atoms with Crippen LogP contribution in [0.5, 0.6) is 0 Å². The first-order valence-electron chi connectivity index (χ1n) is 5.99. The topological polar surface area (TPSA) is 58.1 Å². The monoisotopic (exact) mass is 234 g/mol. The Kier molecular flexibility index (Phi) is 3.68. The van der Waals surface area contributed by atoms with Gasteiger partial charge in [0, 0.05) is 31.0 Å². The van der Waals surface area contributed by atoms with Crippen LogP contribution in [0.1, 0.15) is 30.8 Å². The summed E-state index contributed by atoms with van der Waals surface area (Å²) in [5.74, 6) is -0.0261. The number of aromatic nitrogens is 2. The molecule has 1 aliphatic heterocycles. The molecule has 92 valence electrons. The van der Waals surface area contributed by atoms with E-state index in [1.54, 1.807) is 12.4 Å². The van der Waals surface area contributed by atoms with Crippen LogP contribution in [0, 0.1) is 0 Å². The number of carbonyl (C=O) groups excluding carboxylic acids is 1. The van der Waals surface area contributed by atoms with Crippen LogP contribution in [0.15, 0.2) is 18.6 Å². The van der Waals surface area contributed by atoms with Crippen LogP contribution in [0.25, 0.3) is 0 Å². The average molecular weight is 234 g/mol. The second-order valence-electron chi connectivity index (χ2n) is 4.54. The molecule has 1 saturated heterocycles. The lowest BCUT2D eigenvalue weighted by Gasteiger charge is -2.31. The molecule has 1 aromatic heterocycles. The van der Waals surface area contributed by atoms with Crippen LogP contribution < -0.4 is 5.32 Å². The smallest absolute Gasteiger partial charge is 0.274 e. The van der Waals surface area contributed by atoms with Crippen molar-refractivity contribution in [3.63, 3.8) is 0 Å². The van der Waals surface area contributed by atoms with Crippen molar-refractivity contribution in [1.29, 1.82) is 0 Å². The van der Waals surface area contributed by atoms with Crippen LogP contribution in [0.2, 0.25) is 0 Å². The molecule has 2 rings (SSSR count). The van der Waals surface area contributed by atoms with Gasteiger partial charge in [0.2, 0.25) is 0 Å². The standard InChI is InChI=1S/C12H18N4O/c1-9(2)16(10-3-4-13-7-10)12(17)11-8-14-5-6-15-11/h5-6,8-10,13H,3-4,7H2,1-2H3. The summed E-state index contributed by atoms with van der Waals surface area (Å²) < 4.78 is 0. The van der Waals surface area contributed by atoms with E-state index in [1.165, 1.54) is 6.20 Å². The van der Waals surface area contributed by atoms with Gasteiger partial charge in [-0.1, -0.05) is 0 Å². The second kappa shape index (κ2) is 5.23. The molecule has 0 bridgehead atoms. The summed E-state index contributed by atoms with van der Waals surface area (Å²) in [5.41, 5.74) is 0.424. The molecule has 1 unspecified atom stereocenters. The molecule has 1 N–H and O–H groups in total. The summed E-state index contributed by atoms with van der Waals surface area (Å²) >= 11 is 0. The second-order valence-corrected chi connectivity index (χ2v) is 4.54. The molecule has 1 aromatic rings. The van der Waals surface area contributed by atoms with Crippen molar-refractivity contribution in [2.75, 3.05) is 13.1 Å². The predicted molar refractivity (Wildman–Crippen MR) is 64.6 cm³/mol. The first-order valence-corrected chi connectivity index (χ1v) is 5.99. The van der Waals surface area contributed by atoms with Crippen LogP contribution in [0.3, 0.4) is 0 Å². The number of hydrogen-bond acceptors (Lipinski definition) is 4. The van der Waals surface area contributed by atoms with E-state index in [2.05, 4.69) is 15.3 Å². The molecule has 1 atom stereocenters. The van der Waals surface area contributed by atoms with E-state index in [1.807, 2.05) is 18.7 Å². The Labute approximate surface area is 101 Å². The van der Waals surface area contributed by atoms with Crippen LogP contribution >= 0.6 is 0 Å². The fraction of sp³-hybridized carbons (Fsp3) is 0.583. The van der Waals surface area contributed by atoms with Gasteiger partial charge in [-0.05, 0) is 26.8 Å². The van der Waals surface area contributed by atoms with Crippen molar-refractivity contribution in [3.05, 3.63) is 24.3 Å². The molecular formula is C12H18N4O. The maximum atomic E-state index is 12.4. The number of nitrogens with zero attached hydrogens (tertiary/aromatic N) is 3. The van der Waals surface area contributed by atoms with Gasteiger partial charge in [0.25, 0.3) is 5.91 Å². The summed E-state index contributed by atoms with van der Waals surface area (Å²) in [6.45, 7) is 5.91. The highest BCUT2D eigenvalue weighted by Crippen LogP contribution is 2.15. The maximum Gasteiger partial charge on any atom is 0.274 e. The predicted octanol–water partition coefficient (Wildman–Crippen LogP) is 0.689. The molecule has 2 heterocycles. The molecular weight excluding hydrogens is 216 g/mol. The molecule has 17 heavy (non-hydrogen) atoms. The van der Waals surface area contributed by atoms with E-state index in [9.17, 15) is 4.79 Å². The van der Waals surface area contributed by atoms with Crippen molar-refractivity contribution in [3.8, 4) is 0 Å². The minimum atomic E-state index is -0.0261. The third kappa shape index (κ3) is 2.61.